The third kappa shape index (κ3) is 4.30. The summed E-state index contributed by atoms with van der Waals surface area (Å²) in [5.74, 6) is -0.850. The van der Waals surface area contributed by atoms with Gasteiger partial charge in [0.1, 0.15) is 11.0 Å². The molecule has 0 bridgehead atoms. The number of anilines is 1. The first-order chi connectivity index (χ1) is 8.99. The highest BCUT2D eigenvalue weighted by Crippen LogP contribution is 2.28. The van der Waals surface area contributed by atoms with Crippen LogP contribution in [-0.4, -0.2) is 38.2 Å². The fraction of sp³-hybridized carbons (Fsp3) is 0.500. The molecular formula is C12H18N2O4S. The highest BCUT2D eigenvalue weighted by molar-refractivity contribution is 7.16. The number of rotatable bonds is 6. The molecule has 0 radical (unpaired) electrons. The third-order valence-corrected chi connectivity index (χ3v) is 3.24. The van der Waals surface area contributed by atoms with Crippen molar-refractivity contribution in [3.8, 4) is 0 Å². The van der Waals surface area contributed by atoms with Crippen LogP contribution in [0.3, 0.4) is 0 Å². The SMILES string of the molecule is CCOC(=O)c1cc(C)sc1NC(=O)C(N)COC. The number of thiophene rings is 1. The van der Waals surface area contributed by atoms with Gasteiger partial charge in [-0.3, -0.25) is 4.79 Å². The molecule has 0 saturated heterocycles. The van der Waals surface area contributed by atoms with Gasteiger partial charge >= 0.3 is 5.97 Å². The summed E-state index contributed by atoms with van der Waals surface area (Å²) in [5.41, 5.74) is 5.97. The summed E-state index contributed by atoms with van der Waals surface area (Å²) >= 11 is 1.30. The number of nitrogens with two attached hydrogens (primary N) is 1. The summed E-state index contributed by atoms with van der Waals surface area (Å²) in [7, 11) is 1.46. The van der Waals surface area contributed by atoms with Crippen LogP contribution in [0.5, 0.6) is 0 Å². The summed E-state index contributed by atoms with van der Waals surface area (Å²) in [6.45, 7) is 3.97. The van der Waals surface area contributed by atoms with Gasteiger partial charge in [-0.15, -0.1) is 11.3 Å². The molecule has 0 spiro atoms. The van der Waals surface area contributed by atoms with Gasteiger partial charge in [0.25, 0.3) is 0 Å². The van der Waals surface area contributed by atoms with E-state index in [0.717, 1.165) is 4.88 Å². The zero-order valence-corrected chi connectivity index (χ0v) is 12.0. The van der Waals surface area contributed by atoms with Gasteiger partial charge in [0.2, 0.25) is 5.91 Å². The van der Waals surface area contributed by atoms with E-state index in [2.05, 4.69) is 5.32 Å². The number of esters is 1. The van der Waals surface area contributed by atoms with Gasteiger partial charge in [-0.2, -0.15) is 0 Å². The van der Waals surface area contributed by atoms with Gasteiger partial charge in [0.15, 0.2) is 0 Å². The molecule has 1 aromatic rings. The number of ether oxygens (including phenoxy) is 2. The van der Waals surface area contributed by atoms with Gasteiger partial charge in [-0.05, 0) is 19.9 Å². The summed E-state index contributed by atoms with van der Waals surface area (Å²) in [6, 6.07) is 0.905. The monoisotopic (exact) mass is 286 g/mol. The van der Waals surface area contributed by atoms with Gasteiger partial charge in [0, 0.05) is 12.0 Å². The molecule has 1 heterocycles. The highest BCUT2D eigenvalue weighted by atomic mass is 32.1. The first kappa shape index (κ1) is 15.6. The van der Waals surface area contributed by atoms with E-state index in [-0.39, 0.29) is 13.2 Å². The van der Waals surface area contributed by atoms with Crippen molar-refractivity contribution in [1.29, 1.82) is 0 Å². The second kappa shape index (κ2) is 7.22. The number of methoxy groups -OCH3 is 1. The van der Waals surface area contributed by atoms with Crippen LogP contribution in [0.15, 0.2) is 6.07 Å². The molecule has 1 atom stereocenters. The van der Waals surface area contributed by atoms with Crippen LogP contribution >= 0.6 is 11.3 Å². The number of hydrogen-bond acceptors (Lipinski definition) is 6. The number of carbonyl (C=O) groups excluding carboxylic acids is 2. The molecule has 0 aliphatic rings. The molecule has 0 aliphatic heterocycles. The van der Waals surface area contributed by atoms with E-state index in [1.54, 1.807) is 13.0 Å². The summed E-state index contributed by atoms with van der Waals surface area (Å²) in [5, 5.41) is 3.08. The van der Waals surface area contributed by atoms with Crippen molar-refractivity contribution in [1.82, 2.24) is 0 Å². The lowest BCUT2D eigenvalue weighted by atomic mass is 10.2. The van der Waals surface area contributed by atoms with E-state index in [1.807, 2.05) is 6.92 Å². The molecule has 7 heteroatoms. The molecule has 1 aromatic heterocycles. The first-order valence-electron chi connectivity index (χ1n) is 5.82. The van der Waals surface area contributed by atoms with Gasteiger partial charge in [-0.1, -0.05) is 0 Å². The van der Waals surface area contributed by atoms with Crippen LogP contribution < -0.4 is 11.1 Å². The second-order valence-corrected chi connectivity index (χ2v) is 5.13. The van der Waals surface area contributed by atoms with E-state index in [0.29, 0.717) is 10.6 Å². The van der Waals surface area contributed by atoms with Crippen molar-refractivity contribution in [3.05, 3.63) is 16.5 Å². The van der Waals surface area contributed by atoms with Gasteiger partial charge < -0.3 is 20.5 Å². The predicted octanol–water partition coefficient (Wildman–Crippen LogP) is 1.15. The molecular weight excluding hydrogens is 268 g/mol. The molecule has 6 nitrogen and oxygen atoms in total. The van der Waals surface area contributed by atoms with E-state index in [4.69, 9.17) is 15.2 Å². The van der Waals surface area contributed by atoms with E-state index in [9.17, 15) is 9.59 Å². The van der Waals surface area contributed by atoms with Crippen LogP contribution in [-0.2, 0) is 14.3 Å². The van der Waals surface area contributed by atoms with E-state index in [1.165, 1.54) is 18.4 Å². The van der Waals surface area contributed by atoms with E-state index >= 15 is 0 Å². The smallest absolute Gasteiger partial charge is 0.341 e. The van der Waals surface area contributed by atoms with Crippen LogP contribution in [0.4, 0.5) is 5.00 Å². The zero-order valence-electron chi connectivity index (χ0n) is 11.2. The average Bonchev–Trinajstić information content (AvgIpc) is 2.71. The molecule has 0 saturated carbocycles. The van der Waals surface area contributed by atoms with Crippen molar-refractivity contribution < 1.29 is 19.1 Å². The van der Waals surface area contributed by atoms with Crippen LogP contribution in [0.25, 0.3) is 0 Å². The largest absolute Gasteiger partial charge is 0.462 e. The Balaban J connectivity index is 2.83. The predicted molar refractivity (Wildman–Crippen MR) is 73.5 cm³/mol. The molecule has 1 rings (SSSR count). The van der Waals surface area contributed by atoms with Crippen LogP contribution in [0.2, 0.25) is 0 Å². The molecule has 1 amide bonds. The number of nitrogens with one attached hydrogen (secondary N) is 1. The first-order valence-corrected chi connectivity index (χ1v) is 6.64. The molecule has 3 N–H and O–H groups in total. The lowest BCUT2D eigenvalue weighted by Crippen LogP contribution is -2.39. The number of carbonyl (C=O) groups is 2. The Labute approximate surface area is 115 Å². The molecule has 0 aromatic carbocycles. The summed E-state index contributed by atoms with van der Waals surface area (Å²) in [6.07, 6.45) is 0. The highest BCUT2D eigenvalue weighted by Gasteiger charge is 2.20. The van der Waals surface area contributed by atoms with Crippen LogP contribution in [0, 0.1) is 6.92 Å². The van der Waals surface area contributed by atoms with Gasteiger partial charge in [-0.25, -0.2) is 4.79 Å². The lowest BCUT2D eigenvalue weighted by molar-refractivity contribution is -0.118. The third-order valence-electron chi connectivity index (χ3n) is 2.27. The van der Waals surface area contributed by atoms with Crippen molar-refractivity contribution in [2.24, 2.45) is 5.73 Å². The van der Waals surface area contributed by atoms with Crippen LogP contribution in [0.1, 0.15) is 22.2 Å². The topological polar surface area (TPSA) is 90.7 Å². The van der Waals surface area contributed by atoms with Crippen molar-refractivity contribution in [2.45, 2.75) is 19.9 Å². The Kier molecular flexibility index (Phi) is 5.94. The fourth-order valence-electron chi connectivity index (χ4n) is 1.43. The summed E-state index contributed by atoms with van der Waals surface area (Å²) < 4.78 is 9.74. The Bertz CT molecular complexity index is 459. The van der Waals surface area contributed by atoms with Crippen molar-refractivity contribution in [3.63, 3.8) is 0 Å². The molecule has 19 heavy (non-hydrogen) atoms. The summed E-state index contributed by atoms with van der Waals surface area (Å²) in [4.78, 5) is 24.4. The molecule has 1 unspecified atom stereocenters. The maximum atomic E-state index is 11.8. The van der Waals surface area contributed by atoms with Crippen molar-refractivity contribution >= 4 is 28.2 Å². The quantitative estimate of drug-likeness (QED) is 0.765. The zero-order chi connectivity index (χ0) is 14.4. The van der Waals surface area contributed by atoms with Crippen molar-refractivity contribution in [2.75, 3.05) is 25.6 Å². The minimum atomic E-state index is -0.776. The lowest BCUT2D eigenvalue weighted by Gasteiger charge is -2.11. The molecule has 106 valence electrons. The second-order valence-electron chi connectivity index (χ2n) is 3.87. The molecule has 0 aliphatic carbocycles. The Hall–Kier alpha value is -1.44. The number of aryl methyl sites for hydroxylation is 1. The fourth-order valence-corrected chi connectivity index (χ4v) is 2.33. The minimum absolute atomic E-state index is 0.116. The molecule has 0 fully saturated rings. The van der Waals surface area contributed by atoms with Gasteiger partial charge in [0.05, 0.1) is 18.8 Å². The maximum absolute atomic E-state index is 11.8. The Morgan fingerprint density at radius 1 is 1.53 bits per heavy atom. The number of amides is 1. The minimum Gasteiger partial charge on any atom is -0.462 e. The normalized spacial score (nSPS) is 12.0. The average molecular weight is 286 g/mol. The van der Waals surface area contributed by atoms with E-state index < -0.39 is 17.9 Å². The Morgan fingerprint density at radius 3 is 2.79 bits per heavy atom. The maximum Gasteiger partial charge on any atom is 0.341 e. The standard InChI is InChI=1S/C12H18N2O4S/c1-4-18-12(16)8-5-7(2)19-11(8)14-10(15)9(13)6-17-3/h5,9H,4,6,13H2,1-3H3,(H,14,15). The Morgan fingerprint density at radius 2 is 2.21 bits per heavy atom. The number of hydrogen-bond donors (Lipinski definition) is 2.